The molecule has 3 fully saturated rings. The Morgan fingerprint density at radius 2 is 1.61 bits per heavy atom. The van der Waals surface area contributed by atoms with E-state index in [4.69, 9.17) is 4.74 Å². The molecule has 4 N–H and O–H groups in total. The van der Waals surface area contributed by atoms with Crippen LogP contribution in [0.25, 0.3) is 0 Å². The van der Waals surface area contributed by atoms with Gasteiger partial charge in [-0.15, -0.1) is 0 Å². The van der Waals surface area contributed by atoms with E-state index in [-0.39, 0.29) is 37.3 Å². The van der Waals surface area contributed by atoms with Gasteiger partial charge >= 0.3 is 5.97 Å². The molecule has 0 radical (unpaired) electrons. The predicted octanol–water partition coefficient (Wildman–Crippen LogP) is 4.96. The van der Waals surface area contributed by atoms with Crippen molar-refractivity contribution in [3.05, 3.63) is 131 Å². The number of fused-ring (bicyclic) bond motifs is 4. The molecule has 0 spiro atoms. The Kier molecular flexibility index (Phi) is 8.57. The second kappa shape index (κ2) is 13.3. The number of carboxylic acid groups (broad SMARTS) is 1. The summed E-state index contributed by atoms with van der Waals surface area (Å²) in [7, 11) is 0. The molecule has 2 aliphatic carbocycles. The van der Waals surface area contributed by atoms with Crippen LogP contribution in [0.15, 0.2) is 109 Å². The summed E-state index contributed by atoms with van der Waals surface area (Å²) in [5, 5.41) is 30.7. The number of hydrazine groups is 1. The summed E-state index contributed by atoms with van der Waals surface area (Å²) >= 11 is 0. The number of ether oxygens (including phenoxy) is 1. The lowest BCUT2D eigenvalue weighted by atomic mass is 9.49. The number of hydrogen-bond acceptors (Lipinski definition) is 9. The second-order valence-electron chi connectivity index (χ2n) is 14.2. The van der Waals surface area contributed by atoms with Crippen LogP contribution in [-0.2, 0) is 24.6 Å². The van der Waals surface area contributed by atoms with Gasteiger partial charge < -0.3 is 20.1 Å². The topological polar surface area (TPSA) is 174 Å². The predicted molar refractivity (Wildman–Crippen MR) is 195 cm³/mol. The molecule has 12 nitrogen and oxygen atoms in total. The Balaban J connectivity index is 1.31. The minimum Gasteiger partial charge on any atom is -0.507 e. The molecular formula is C42H37N3O9. The van der Waals surface area contributed by atoms with Gasteiger partial charge in [0.25, 0.3) is 11.8 Å². The van der Waals surface area contributed by atoms with Crippen LogP contribution in [-0.4, -0.2) is 63.1 Å². The van der Waals surface area contributed by atoms with Crippen molar-refractivity contribution < 1.29 is 44.0 Å². The van der Waals surface area contributed by atoms with Crippen molar-refractivity contribution in [3.8, 4) is 11.5 Å². The molecule has 12 heteroatoms. The van der Waals surface area contributed by atoms with E-state index in [0.717, 1.165) is 33.2 Å². The monoisotopic (exact) mass is 727 g/mol. The third kappa shape index (κ3) is 5.19. The fourth-order valence-electron chi connectivity index (χ4n) is 9.19. The Hall–Kier alpha value is -6.27. The van der Waals surface area contributed by atoms with Gasteiger partial charge in [0.1, 0.15) is 23.7 Å². The normalized spacial score (nSPS) is 25.9. The second-order valence-corrected chi connectivity index (χ2v) is 14.2. The standard InChI is InChI=1S/C42H37N3O9/c1-23-11-13-25(14-12-23)43-45-38(49)32-22-31-27(17-18-30-35(31)39(50)44(37(30)48)26-15-16-28(40(51)52)33(47)21-26)36(29-9-5-6-10-34(29)54-20-19-46)42(32,41(45)53)24-7-3-2-4-8-24/h2-17,21,30-32,35-36,43,46-47H,18-20,22H2,1H3,(H,51,52). The molecule has 0 aromatic heterocycles. The van der Waals surface area contributed by atoms with E-state index in [0.29, 0.717) is 22.6 Å². The molecule has 2 heterocycles. The number of para-hydroxylation sites is 1. The van der Waals surface area contributed by atoms with Crippen molar-refractivity contribution in [2.24, 2.45) is 23.7 Å². The van der Waals surface area contributed by atoms with Gasteiger partial charge in [0.15, 0.2) is 0 Å². The number of carbonyl (C=O) groups is 5. The maximum absolute atomic E-state index is 15.4. The molecule has 1 saturated carbocycles. The van der Waals surface area contributed by atoms with E-state index in [1.54, 1.807) is 24.3 Å². The maximum atomic E-state index is 15.4. The largest absolute Gasteiger partial charge is 0.507 e. The number of hydrogen-bond donors (Lipinski definition) is 4. The first-order valence-electron chi connectivity index (χ1n) is 17.8. The van der Waals surface area contributed by atoms with Crippen molar-refractivity contribution in [1.29, 1.82) is 0 Å². The van der Waals surface area contributed by atoms with E-state index >= 15 is 4.79 Å². The van der Waals surface area contributed by atoms with Crippen molar-refractivity contribution in [1.82, 2.24) is 5.01 Å². The van der Waals surface area contributed by atoms with Crippen LogP contribution in [0.3, 0.4) is 0 Å². The van der Waals surface area contributed by atoms with Crippen molar-refractivity contribution in [3.63, 3.8) is 0 Å². The number of carbonyl (C=O) groups excluding carboxylic acids is 4. The summed E-state index contributed by atoms with van der Waals surface area (Å²) in [5.41, 5.74) is 4.70. The zero-order chi connectivity index (χ0) is 37.9. The van der Waals surface area contributed by atoms with Crippen molar-refractivity contribution in [2.45, 2.75) is 31.1 Å². The first kappa shape index (κ1) is 34.8. The molecule has 6 atom stereocenters. The van der Waals surface area contributed by atoms with Crippen LogP contribution in [0.2, 0.25) is 0 Å². The molecule has 4 aromatic carbocycles. The maximum Gasteiger partial charge on any atom is 0.339 e. The number of anilines is 2. The summed E-state index contributed by atoms with van der Waals surface area (Å²) in [6.45, 7) is 1.65. The number of allylic oxidation sites excluding steroid dienone is 2. The molecule has 4 aromatic rings. The quantitative estimate of drug-likeness (QED) is 0.136. The van der Waals surface area contributed by atoms with E-state index in [9.17, 15) is 34.5 Å². The Labute approximate surface area is 310 Å². The highest BCUT2D eigenvalue weighted by atomic mass is 16.5. The number of nitrogens with zero attached hydrogens (tertiary/aromatic N) is 2. The third-order valence-electron chi connectivity index (χ3n) is 11.4. The average molecular weight is 728 g/mol. The lowest BCUT2D eigenvalue weighted by molar-refractivity contribution is -0.138. The average Bonchev–Trinajstić information content (AvgIpc) is 3.55. The van der Waals surface area contributed by atoms with Crippen molar-refractivity contribution in [2.75, 3.05) is 23.5 Å². The van der Waals surface area contributed by atoms with Crippen LogP contribution in [0.1, 0.15) is 45.8 Å². The molecular weight excluding hydrogens is 690 g/mol. The highest BCUT2D eigenvalue weighted by molar-refractivity contribution is 6.23. The smallest absolute Gasteiger partial charge is 0.339 e. The van der Waals surface area contributed by atoms with Gasteiger partial charge in [-0.25, -0.2) is 9.69 Å². The van der Waals surface area contributed by atoms with Gasteiger partial charge in [0.05, 0.1) is 41.2 Å². The summed E-state index contributed by atoms with van der Waals surface area (Å²) in [4.78, 5) is 71.5. The van der Waals surface area contributed by atoms with Crippen molar-refractivity contribution >= 4 is 41.0 Å². The Morgan fingerprint density at radius 1 is 0.889 bits per heavy atom. The fraction of sp³-hybridized carbons (Fsp3) is 0.262. The lowest BCUT2D eigenvalue weighted by Crippen LogP contribution is -2.53. The van der Waals surface area contributed by atoms with Crippen LogP contribution in [0, 0.1) is 30.6 Å². The van der Waals surface area contributed by atoms with E-state index in [1.165, 1.54) is 6.07 Å². The number of amides is 4. The van der Waals surface area contributed by atoms with E-state index < -0.39 is 70.4 Å². The number of aliphatic hydroxyl groups is 1. The molecule has 0 bridgehead atoms. The molecule has 4 amide bonds. The molecule has 6 unspecified atom stereocenters. The minimum absolute atomic E-state index is 0.0257. The number of aryl methyl sites for hydroxylation is 1. The number of nitrogens with one attached hydrogen (secondary N) is 1. The number of aliphatic hydroxyl groups excluding tert-OH is 1. The van der Waals surface area contributed by atoms with Gasteiger partial charge in [-0.2, -0.15) is 5.01 Å². The fourth-order valence-corrected chi connectivity index (χ4v) is 9.19. The Morgan fingerprint density at radius 3 is 2.31 bits per heavy atom. The van der Waals surface area contributed by atoms with E-state index in [1.807, 2.05) is 67.6 Å². The highest BCUT2D eigenvalue weighted by Gasteiger charge is 2.70. The summed E-state index contributed by atoms with van der Waals surface area (Å²) < 4.78 is 6.08. The molecule has 4 aliphatic rings. The summed E-state index contributed by atoms with van der Waals surface area (Å²) in [6.07, 6.45) is 2.16. The number of aromatic carboxylic acids is 1. The highest BCUT2D eigenvalue weighted by Crippen LogP contribution is 2.65. The number of benzene rings is 4. The number of phenols is 1. The number of carboxylic acids is 1. The van der Waals surface area contributed by atoms with Crippen LogP contribution in [0.5, 0.6) is 11.5 Å². The van der Waals surface area contributed by atoms with Gasteiger partial charge in [-0.05, 0) is 61.6 Å². The number of aromatic hydroxyl groups is 1. The zero-order valence-corrected chi connectivity index (χ0v) is 29.2. The first-order chi connectivity index (χ1) is 26.1. The minimum atomic E-state index is -1.51. The molecule has 8 rings (SSSR count). The third-order valence-corrected chi connectivity index (χ3v) is 11.4. The summed E-state index contributed by atoms with van der Waals surface area (Å²) in [6, 6.07) is 27.2. The van der Waals surface area contributed by atoms with Gasteiger partial charge in [-0.1, -0.05) is 77.9 Å². The first-order valence-corrected chi connectivity index (χ1v) is 17.8. The Bertz CT molecular complexity index is 2240. The van der Waals surface area contributed by atoms with Gasteiger partial charge in [0.2, 0.25) is 11.8 Å². The SMILES string of the molecule is Cc1ccc(NN2C(=O)C3CC4C(=CCC5C(=O)N(c6ccc(C(=O)O)c(O)c6)C(=O)C54)C(c4ccccc4OCCO)C3(c3ccccc3)C2=O)cc1. The molecule has 2 saturated heterocycles. The number of rotatable bonds is 9. The molecule has 54 heavy (non-hydrogen) atoms. The van der Waals surface area contributed by atoms with Crippen LogP contribution >= 0.6 is 0 Å². The zero-order valence-electron chi connectivity index (χ0n) is 29.2. The summed E-state index contributed by atoms with van der Waals surface area (Å²) in [5.74, 6) is -7.73. The van der Waals surface area contributed by atoms with Gasteiger partial charge in [-0.3, -0.25) is 24.6 Å². The van der Waals surface area contributed by atoms with Gasteiger partial charge in [0, 0.05) is 17.5 Å². The molecule has 274 valence electrons. The lowest BCUT2D eigenvalue weighted by Gasteiger charge is -2.50. The molecule has 2 aliphatic heterocycles. The number of imide groups is 2. The van der Waals surface area contributed by atoms with Crippen LogP contribution in [0.4, 0.5) is 11.4 Å². The van der Waals surface area contributed by atoms with E-state index in [2.05, 4.69) is 5.43 Å². The van der Waals surface area contributed by atoms with Crippen LogP contribution < -0.4 is 15.1 Å².